The van der Waals surface area contributed by atoms with Crippen LogP contribution in [-0.2, 0) is 4.74 Å². The number of carbonyl (C=O) groups excluding carboxylic acids is 2. The number of nitrogens with one attached hydrogen (secondary N) is 1. The molecule has 0 atom stereocenters. The predicted octanol–water partition coefficient (Wildman–Crippen LogP) is 0.468. The fourth-order valence-electron chi connectivity index (χ4n) is 2.53. The van der Waals surface area contributed by atoms with E-state index in [0.717, 1.165) is 16.7 Å². The van der Waals surface area contributed by atoms with Crippen LogP contribution in [0.1, 0.15) is 20.7 Å². The number of pyridine rings is 1. The summed E-state index contributed by atoms with van der Waals surface area (Å²) >= 11 is 0. The zero-order chi connectivity index (χ0) is 18.1. The minimum absolute atomic E-state index is 0.0125. The second-order valence-electron chi connectivity index (χ2n) is 5.23. The van der Waals surface area contributed by atoms with Crippen molar-refractivity contribution in [3.8, 4) is 11.4 Å². The van der Waals surface area contributed by atoms with Gasteiger partial charge in [0, 0.05) is 19.2 Å². The molecule has 0 saturated heterocycles. The molecule has 2 amide bonds. The van der Waals surface area contributed by atoms with Crippen LogP contribution in [0.15, 0.2) is 29.1 Å². The molecular formula is C16H14FN3O5. The van der Waals surface area contributed by atoms with Crippen LogP contribution in [0.3, 0.4) is 0 Å². The highest BCUT2D eigenvalue weighted by Gasteiger charge is 2.31. The van der Waals surface area contributed by atoms with Gasteiger partial charge in [-0.25, -0.2) is 4.39 Å². The monoisotopic (exact) mass is 347 g/mol. The lowest BCUT2D eigenvalue weighted by molar-refractivity contribution is 0.0880. The largest absolute Gasteiger partial charge is 0.488 e. The molecule has 0 unspecified atom stereocenters. The molecule has 0 radical (unpaired) electrons. The van der Waals surface area contributed by atoms with Crippen molar-refractivity contribution in [2.24, 2.45) is 0 Å². The van der Waals surface area contributed by atoms with Gasteiger partial charge >= 0.3 is 0 Å². The van der Waals surface area contributed by atoms with Gasteiger partial charge in [0.25, 0.3) is 17.4 Å². The van der Waals surface area contributed by atoms with Crippen molar-refractivity contribution in [2.75, 3.05) is 26.1 Å². The van der Waals surface area contributed by atoms with Gasteiger partial charge in [-0.05, 0) is 12.1 Å². The van der Waals surface area contributed by atoms with E-state index < -0.39 is 23.2 Å². The maximum absolute atomic E-state index is 14.2. The molecule has 0 aliphatic carbocycles. The molecule has 2 aromatic rings. The molecule has 0 spiro atoms. The summed E-state index contributed by atoms with van der Waals surface area (Å²) in [6.07, 6.45) is 0. The highest BCUT2D eigenvalue weighted by molar-refractivity contribution is 6.23. The molecule has 25 heavy (non-hydrogen) atoms. The number of carbonyl (C=O) groups is 2. The van der Waals surface area contributed by atoms with Crippen LogP contribution in [0.4, 0.5) is 10.2 Å². The quantitative estimate of drug-likeness (QED) is 0.600. The van der Waals surface area contributed by atoms with Crippen molar-refractivity contribution < 1.29 is 23.5 Å². The number of nitrogens with two attached hydrogens (primary N) is 1. The van der Waals surface area contributed by atoms with Gasteiger partial charge in [-0.15, -0.1) is 0 Å². The van der Waals surface area contributed by atoms with Crippen LogP contribution >= 0.6 is 0 Å². The third-order valence-corrected chi connectivity index (χ3v) is 3.67. The van der Waals surface area contributed by atoms with E-state index in [2.05, 4.69) is 5.32 Å². The number of imide groups is 1. The normalized spacial score (nSPS) is 12.9. The van der Waals surface area contributed by atoms with E-state index in [4.69, 9.17) is 15.2 Å². The predicted molar refractivity (Wildman–Crippen MR) is 85.6 cm³/mol. The van der Waals surface area contributed by atoms with Gasteiger partial charge in [-0.2, -0.15) is 0 Å². The zero-order valence-electron chi connectivity index (χ0n) is 13.2. The maximum Gasteiger partial charge on any atom is 0.262 e. The summed E-state index contributed by atoms with van der Waals surface area (Å²) in [5, 5.41) is 2.06. The number of ether oxygens (including phenoxy) is 2. The number of nitrogens with zero attached hydrogens (tertiary/aromatic N) is 1. The number of nitrogen functional groups attached to an aromatic ring is 1. The number of hydrogen-bond acceptors (Lipinski definition) is 6. The number of benzene rings is 1. The highest BCUT2D eigenvalue weighted by Crippen LogP contribution is 2.25. The lowest BCUT2D eigenvalue weighted by Gasteiger charge is -2.13. The van der Waals surface area contributed by atoms with Gasteiger partial charge in [-0.1, -0.05) is 0 Å². The van der Waals surface area contributed by atoms with Gasteiger partial charge in [0.2, 0.25) is 0 Å². The Hall–Kier alpha value is -3.20. The molecular weight excluding hydrogens is 333 g/mol. The molecule has 2 heterocycles. The first-order valence-corrected chi connectivity index (χ1v) is 7.27. The molecule has 1 aliphatic heterocycles. The second kappa shape index (κ2) is 6.36. The SMILES string of the molecule is COCCOc1ccc(-n2c(N)c3c(cc2=O)C(=O)NC3=O)cc1F. The van der Waals surface area contributed by atoms with Crippen LogP contribution < -0.4 is 21.3 Å². The van der Waals surface area contributed by atoms with E-state index in [1.165, 1.54) is 19.2 Å². The highest BCUT2D eigenvalue weighted by atomic mass is 19.1. The number of aromatic nitrogens is 1. The Morgan fingerprint density at radius 2 is 1.92 bits per heavy atom. The van der Waals surface area contributed by atoms with E-state index >= 15 is 0 Å². The average molecular weight is 347 g/mol. The van der Waals surface area contributed by atoms with Crippen LogP contribution in [0.25, 0.3) is 5.69 Å². The maximum atomic E-state index is 14.2. The standard InChI is InChI=1S/C16H14FN3O5/c1-24-4-5-25-11-3-2-8(6-10(11)17)20-12(21)7-9-13(14(20)18)16(23)19-15(9)22/h2-3,6-7H,4-5,18H2,1H3,(H,19,22,23). The van der Waals surface area contributed by atoms with Crippen LogP contribution in [0.5, 0.6) is 5.75 Å². The third-order valence-electron chi connectivity index (χ3n) is 3.67. The Morgan fingerprint density at radius 3 is 2.60 bits per heavy atom. The van der Waals surface area contributed by atoms with Gasteiger partial charge in [0.15, 0.2) is 11.6 Å². The molecule has 9 heteroatoms. The van der Waals surface area contributed by atoms with E-state index in [1.54, 1.807) is 0 Å². The summed E-state index contributed by atoms with van der Waals surface area (Å²) in [5.74, 6) is -2.35. The molecule has 8 nitrogen and oxygen atoms in total. The van der Waals surface area contributed by atoms with E-state index in [-0.39, 0.29) is 35.0 Å². The number of hydrogen-bond donors (Lipinski definition) is 2. The first-order valence-electron chi connectivity index (χ1n) is 7.27. The Morgan fingerprint density at radius 1 is 1.16 bits per heavy atom. The topological polar surface area (TPSA) is 113 Å². The summed E-state index contributed by atoms with van der Waals surface area (Å²) < 4.78 is 25.2. The average Bonchev–Trinajstić information content (AvgIpc) is 2.84. The molecule has 130 valence electrons. The summed E-state index contributed by atoms with van der Waals surface area (Å²) in [5.41, 5.74) is 5.13. The van der Waals surface area contributed by atoms with E-state index in [0.29, 0.717) is 6.61 Å². The molecule has 1 aliphatic rings. The van der Waals surface area contributed by atoms with Crippen molar-refractivity contribution in [3.05, 3.63) is 51.6 Å². The first kappa shape index (κ1) is 16.7. The lowest BCUT2D eigenvalue weighted by Crippen LogP contribution is -2.24. The van der Waals surface area contributed by atoms with Crippen molar-refractivity contribution in [1.82, 2.24) is 9.88 Å². The Balaban J connectivity index is 2.05. The fourth-order valence-corrected chi connectivity index (χ4v) is 2.53. The van der Waals surface area contributed by atoms with Crippen molar-refractivity contribution in [2.45, 2.75) is 0 Å². The van der Waals surface area contributed by atoms with Crippen molar-refractivity contribution in [3.63, 3.8) is 0 Å². The summed E-state index contributed by atoms with van der Waals surface area (Å²) in [4.78, 5) is 35.7. The van der Waals surface area contributed by atoms with E-state index in [9.17, 15) is 18.8 Å². The van der Waals surface area contributed by atoms with E-state index in [1.807, 2.05) is 0 Å². The number of rotatable bonds is 5. The molecule has 0 fully saturated rings. The minimum atomic E-state index is -0.707. The van der Waals surface area contributed by atoms with Gasteiger partial charge < -0.3 is 15.2 Å². The van der Waals surface area contributed by atoms with Gasteiger partial charge in [-0.3, -0.25) is 24.3 Å². The molecule has 0 bridgehead atoms. The third kappa shape index (κ3) is 2.85. The second-order valence-corrected chi connectivity index (χ2v) is 5.23. The van der Waals surface area contributed by atoms with Crippen molar-refractivity contribution in [1.29, 1.82) is 0 Å². The lowest BCUT2D eigenvalue weighted by atomic mass is 10.1. The van der Waals surface area contributed by atoms with Crippen LogP contribution in [0, 0.1) is 5.82 Å². The Bertz CT molecular complexity index is 938. The molecule has 1 aromatic heterocycles. The fraction of sp³-hybridized carbons (Fsp3) is 0.188. The van der Waals surface area contributed by atoms with Gasteiger partial charge in [0.1, 0.15) is 12.4 Å². The molecule has 0 saturated carbocycles. The minimum Gasteiger partial charge on any atom is -0.488 e. The number of methoxy groups -OCH3 is 1. The zero-order valence-corrected chi connectivity index (χ0v) is 13.2. The number of anilines is 1. The molecule has 3 rings (SSSR count). The van der Waals surface area contributed by atoms with Crippen LogP contribution in [-0.4, -0.2) is 36.7 Å². The first-order chi connectivity index (χ1) is 11.9. The Kier molecular flexibility index (Phi) is 4.24. The van der Waals surface area contributed by atoms with Crippen LogP contribution in [0.2, 0.25) is 0 Å². The summed E-state index contributed by atoms with van der Waals surface area (Å²) in [6.45, 7) is 0.456. The van der Waals surface area contributed by atoms with Gasteiger partial charge in [0.05, 0.1) is 23.4 Å². The number of halogens is 1. The number of amides is 2. The molecule has 1 aromatic carbocycles. The smallest absolute Gasteiger partial charge is 0.262 e. The molecule has 3 N–H and O–H groups in total. The Labute approximate surface area is 141 Å². The number of fused-ring (bicyclic) bond motifs is 1. The summed E-state index contributed by atoms with van der Waals surface area (Å²) in [7, 11) is 1.49. The summed E-state index contributed by atoms with van der Waals surface area (Å²) in [6, 6.07) is 4.81. The van der Waals surface area contributed by atoms with Crippen molar-refractivity contribution >= 4 is 17.6 Å².